The Bertz CT molecular complexity index is 227. The second-order valence-corrected chi connectivity index (χ2v) is 5.96. The van der Waals surface area contributed by atoms with Gasteiger partial charge in [0.2, 0.25) is 0 Å². The molecule has 0 heterocycles. The molecule has 0 amide bonds. The monoisotopic (exact) mass is 211 g/mol. The van der Waals surface area contributed by atoms with Crippen LogP contribution >= 0.6 is 12.2 Å². The fourth-order valence-corrected chi connectivity index (χ4v) is 2.66. The molecule has 0 radical (unpaired) electrons. The molecule has 14 heavy (non-hydrogen) atoms. The van der Waals surface area contributed by atoms with Crippen molar-refractivity contribution >= 4 is 25.1 Å². The van der Waals surface area contributed by atoms with Gasteiger partial charge in [-0.2, -0.15) is 0 Å². The van der Waals surface area contributed by atoms with E-state index in [0.29, 0.717) is 11.4 Å². The Morgan fingerprint density at radius 3 is 2.64 bits per heavy atom. The maximum Gasteiger partial charge on any atom is 0.109 e. The van der Waals surface area contributed by atoms with Crippen LogP contribution in [0.4, 0.5) is 0 Å². The van der Waals surface area contributed by atoms with Crippen LogP contribution in [0.25, 0.3) is 0 Å². The number of rotatable bonds is 1. The first-order valence-corrected chi connectivity index (χ1v) is 6.00. The van der Waals surface area contributed by atoms with E-state index in [1.165, 1.54) is 19.3 Å². The van der Waals surface area contributed by atoms with E-state index < -0.39 is 0 Å². The van der Waals surface area contributed by atoms with Gasteiger partial charge in [0.15, 0.2) is 0 Å². The molecule has 1 rings (SSSR count). The number of nitrogens with zero attached hydrogens (tertiary/aromatic N) is 1. The summed E-state index contributed by atoms with van der Waals surface area (Å²) in [6.45, 7) is 6.79. The Kier molecular flexibility index (Phi) is 3.62. The minimum Gasteiger partial charge on any atom is -0.366 e. The van der Waals surface area contributed by atoms with Gasteiger partial charge in [-0.05, 0) is 19.3 Å². The molecule has 0 aromatic rings. The third kappa shape index (κ3) is 2.30. The molecule has 0 spiro atoms. The zero-order valence-electron chi connectivity index (χ0n) is 10.1. The number of hydrogen-bond donors (Lipinski definition) is 0. The summed E-state index contributed by atoms with van der Waals surface area (Å²) in [5, 5.41) is 0.474. The molecule has 0 aromatic heterocycles. The van der Waals surface area contributed by atoms with Crippen LogP contribution in [0.5, 0.6) is 0 Å². The third-order valence-corrected chi connectivity index (χ3v) is 4.41. The second-order valence-electron chi connectivity index (χ2n) is 5.37. The van der Waals surface area contributed by atoms with E-state index in [9.17, 15) is 0 Å². The molecule has 0 aliphatic heterocycles. The second kappa shape index (κ2) is 4.22. The lowest BCUT2D eigenvalue weighted by molar-refractivity contribution is 0.164. The molecular formula is C11H22BNS. The van der Waals surface area contributed by atoms with E-state index in [1.807, 2.05) is 6.92 Å². The lowest BCUT2D eigenvalue weighted by atomic mass is 9.54. The standard InChI is InChI=1S/C11H22BNS/c1-8-10(13(4)9(2)14)6-5-7-11(8,3)12/h8,10H,5-7,12H2,1-4H3. The highest BCUT2D eigenvalue weighted by molar-refractivity contribution is 7.80. The van der Waals surface area contributed by atoms with Crippen molar-refractivity contribution in [1.29, 1.82) is 0 Å². The maximum atomic E-state index is 5.25. The van der Waals surface area contributed by atoms with Gasteiger partial charge in [0.1, 0.15) is 7.85 Å². The minimum atomic E-state index is 0.474. The van der Waals surface area contributed by atoms with Crippen LogP contribution < -0.4 is 0 Å². The van der Waals surface area contributed by atoms with E-state index in [1.54, 1.807) is 0 Å². The maximum absolute atomic E-state index is 5.25. The Morgan fingerprint density at radius 1 is 1.57 bits per heavy atom. The lowest BCUT2D eigenvalue weighted by Crippen LogP contribution is -2.45. The highest BCUT2D eigenvalue weighted by atomic mass is 32.1. The van der Waals surface area contributed by atoms with Crippen LogP contribution in [0.2, 0.25) is 5.31 Å². The summed E-state index contributed by atoms with van der Waals surface area (Å²) in [5.41, 5.74) is 0. The lowest BCUT2D eigenvalue weighted by Gasteiger charge is -2.46. The first kappa shape index (κ1) is 12.0. The molecule has 1 saturated carbocycles. The van der Waals surface area contributed by atoms with Gasteiger partial charge in [-0.25, -0.2) is 0 Å². The van der Waals surface area contributed by atoms with Crippen LogP contribution in [0.1, 0.15) is 40.0 Å². The molecule has 0 N–H and O–H groups in total. The van der Waals surface area contributed by atoms with E-state index in [4.69, 9.17) is 12.2 Å². The van der Waals surface area contributed by atoms with Crippen molar-refractivity contribution in [2.24, 2.45) is 5.92 Å². The van der Waals surface area contributed by atoms with E-state index in [0.717, 1.165) is 10.9 Å². The average Bonchev–Trinajstić information content (AvgIpc) is 2.08. The van der Waals surface area contributed by atoms with Gasteiger partial charge in [0, 0.05) is 13.1 Å². The first-order valence-electron chi connectivity index (χ1n) is 5.59. The molecule has 3 heteroatoms. The largest absolute Gasteiger partial charge is 0.366 e. The third-order valence-electron chi connectivity index (χ3n) is 4.12. The summed E-state index contributed by atoms with van der Waals surface area (Å²) in [5.74, 6) is 0.735. The van der Waals surface area contributed by atoms with Gasteiger partial charge in [-0.1, -0.05) is 44.2 Å². The minimum absolute atomic E-state index is 0.474. The SMILES string of the molecule is BC1(C)CCCC(N(C)C(C)=S)C1C. The smallest absolute Gasteiger partial charge is 0.109 e. The summed E-state index contributed by atoms with van der Waals surface area (Å²) < 4.78 is 0. The fourth-order valence-electron chi connectivity index (χ4n) is 2.53. The number of hydrogen-bond acceptors (Lipinski definition) is 1. The molecule has 3 atom stereocenters. The van der Waals surface area contributed by atoms with Gasteiger partial charge in [0.05, 0.1) is 4.99 Å². The Hall–Kier alpha value is -0.0451. The predicted octanol–water partition coefficient (Wildman–Crippen LogP) is 2.27. The molecule has 1 aliphatic carbocycles. The van der Waals surface area contributed by atoms with Gasteiger partial charge in [-0.3, -0.25) is 0 Å². The Balaban J connectivity index is 2.74. The summed E-state index contributed by atoms with van der Waals surface area (Å²) in [7, 11) is 4.53. The van der Waals surface area contributed by atoms with Crippen LogP contribution in [-0.4, -0.2) is 30.8 Å². The molecule has 1 fully saturated rings. The first-order chi connectivity index (χ1) is 6.36. The molecular weight excluding hydrogens is 189 g/mol. The summed E-state index contributed by atoms with van der Waals surface area (Å²) in [4.78, 5) is 3.32. The van der Waals surface area contributed by atoms with Crippen LogP contribution in [0.3, 0.4) is 0 Å². The highest BCUT2D eigenvalue weighted by Gasteiger charge is 2.37. The van der Waals surface area contributed by atoms with E-state index in [2.05, 4.69) is 33.6 Å². The summed E-state index contributed by atoms with van der Waals surface area (Å²) >= 11 is 5.25. The molecule has 0 aromatic carbocycles. The zero-order chi connectivity index (χ0) is 10.9. The van der Waals surface area contributed by atoms with Crippen molar-refractivity contribution in [3.8, 4) is 0 Å². The van der Waals surface area contributed by atoms with Crippen LogP contribution in [0, 0.1) is 5.92 Å². The van der Waals surface area contributed by atoms with Gasteiger partial charge in [0.25, 0.3) is 0 Å². The summed E-state index contributed by atoms with van der Waals surface area (Å²) in [6.07, 6.45) is 4.00. The van der Waals surface area contributed by atoms with E-state index >= 15 is 0 Å². The normalized spacial score (nSPS) is 38.0. The van der Waals surface area contributed by atoms with E-state index in [-0.39, 0.29) is 0 Å². The fraction of sp³-hybridized carbons (Fsp3) is 0.909. The molecule has 3 unspecified atom stereocenters. The van der Waals surface area contributed by atoms with Gasteiger partial charge < -0.3 is 4.90 Å². The van der Waals surface area contributed by atoms with Gasteiger partial charge >= 0.3 is 0 Å². The predicted molar refractivity (Wildman–Crippen MR) is 69.7 cm³/mol. The zero-order valence-corrected chi connectivity index (χ0v) is 10.9. The molecule has 0 bridgehead atoms. The van der Waals surface area contributed by atoms with Crippen molar-refractivity contribution in [2.75, 3.05) is 7.05 Å². The molecule has 1 aliphatic rings. The van der Waals surface area contributed by atoms with Crippen molar-refractivity contribution in [3.05, 3.63) is 0 Å². The van der Waals surface area contributed by atoms with Crippen molar-refractivity contribution < 1.29 is 0 Å². The molecule has 0 saturated heterocycles. The quantitative estimate of drug-likeness (QED) is 0.483. The van der Waals surface area contributed by atoms with Crippen LogP contribution in [0.15, 0.2) is 0 Å². The van der Waals surface area contributed by atoms with Crippen molar-refractivity contribution in [2.45, 2.75) is 51.4 Å². The highest BCUT2D eigenvalue weighted by Crippen LogP contribution is 2.45. The Labute approximate surface area is 94.7 Å². The average molecular weight is 211 g/mol. The molecule has 1 nitrogen and oxygen atoms in total. The summed E-state index contributed by atoms with van der Waals surface area (Å²) in [6, 6.07) is 0.649. The topological polar surface area (TPSA) is 3.24 Å². The van der Waals surface area contributed by atoms with Crippen molar-refractivity contribution in [3.63, 3.8) is 0 Å². The number of thiocarbonyl (C=S) groups is 1. The molecule has 80 valence electrons. The van der Waals surface area contributed by atoms with Crippen molar-refractivity contribution in [1.82, 2.24) is 4.90 Å². The van der Waals surface area contributed by atoms with Gasteiger partial charge in [-0.15, -0.1) is 0 Å². The Morgan fingerprint density at radius 2 is 2.14 bits per heavy atom. The van der Waals surface area contributed by atoms with Crippen LogP contribution in [-0.2, 0) is 0 Å².